The maximum atomic E-state index is 13.0. The minimum Gasteiger partial charge on any atom is -0.487 e. The quantitative estimate of drug-likeness (QED) is 0.666. The van der Waals surface area contributed by atoms with Crippen LogP contribution in [0.15, 0.2) is 44.4 Å². The highest BCUT2D eigenvalue weighted by Gasteiger charge is 2.21. The second-order valence-electron chi connectivity index (χ2n) is 6.32. The minimum absolute atomic E-state index is 0.0233. The van der Waals surface area contributed by atoms with Gasteiger partial charge in [-0.1, -0.05) is 6.92 Å². The molecule has 0 saturated heterocycles. The highest BCUT2D eigenvalue weighted by Crippen LogP contribution is 2.32. The molecule has 3 aromatic rings. The summed E-state index contributed by atoms with van der Waals surface area (Å²) in [7, 11) is -3.59. The molecule has 1 N–H and O–H groups in total. The normalized spacial score (nSPS) is 12.0. The third-order valence-electron chi connectivity index (χ3n) is 4.06. The zero-order valence-electron chi connectivity index (χ0n) is 15.0. The highest BCUT2D eigenvalue weighted by atomic mass is 32.2. The van der Waals surface area contributed by atoms with Gasteiger partial charge in [0.05, 0.1) is 33.1 Å². The van der Waals surface area contributed by atoms with Crippen molar-refractivity contribution >= 4 is 37.7 Å². The summed E-state index contributed by atoms with van der Waals surface area (Å²) in [5.74, 6) is -1.17. The summed E-state index contributed by atoms with van der Waals surface area (Å²) in [6.07, 6.45) is -0.275. The number of fused-ring (bicyclic) bond motifs is 2. The first-order valence-corrected chi connectivity index (χ1v) is 9.96. The first kappa shape index (κ1) is 18.9. The Labute approximate surface area is 155 Å². The highest BCUT2D eigenvalue weighted by molar-refractivity contribution is 7.91. The Kier molecular flexibility index (Phi) is 4.69. The van der Waals surface area contributed by atoms with Crippen molar-refractivity contribution in [3.63, 3.8) is 0 Å². The van der Waals surface area contributed by atoms with Crippen LogP contribution in [0.2, 0.25) is 0 Å². The van der Waals surface area contributed by atoms with E-state index in [1.165, 1.54) is 37.3 Å². The van der Waals surface area contributed by atoms with Crippen LogP contribution in [0.1, 0.15) is 31.1 Å². The summed E-state index contributed by atoms with van der Waals surface area (Å²) < 4.78 is 36.1. The Morgan fingerprint density at radius 2 is 1.89 bits per heavy atom. The van der Waals surface area contributed by atoms with Crippen molar-refractivity contribution in [3.8, 4) is 5.75 Å². The molecule has 0 amide bonds. The monoisotopic (exact) mass is 390 g/mol. The molecule has 1 heterocycles. The van der Waals surface area contributed by atoms with Crippen LogP contribution < -0.4 is 10.2 Å². The summed E-state index contributed by atoms with van der Waals surface area (Å²) in [4.78, 5) is 24.1. The lowest BCUT2D eigenvalue weighted by Crippen LogP contribution is -2.11. The molecular weight excluding hydrogens is 372 g/mol. The molecule has 0 spiro atoms. The number of benzene rings is 2. The lowest BCUT2D eigenvalue weighted by molar-refractivity contribution is 0.0697. The van der Waals surface area contributed by atoms with E-state index in [0.29, 0.717) is 0 Å². The van der Waals surface area contributed by atoms with Crippen molar-refractivity contribution < 1.29 is 27.5 Å². The maximum absolute atomic E-state index is 13.0. The van der Waals surface area contributed by atoms with E-state index >= 15 is 0 Å². The topological polar surface area (TPSA) is 111 Å². The molecule has 2 aromatic carbocycles. The largest absolute Gasteiger partial charge is 0.487 e. The van der Waals surface area contributed by atoms with Crippen LogP contribution in [0, 0.1) is 0 Å². The van der Waals surface area contributed by atoms with Gasteiger partial charge >= 0.3 is 5.97 Å². The Bertz CT molecular complexity index is 1220. The van der Waals surface area contributed by atoms with Crippen LogP contribution in [-0.2, 0) is 9.84 Å². The maximum Gasteiger partial charge on any atom is 0.335 e. The van der Waals surface area contributed by atoms with E-state index in [9.17, 15) is 18.0 Å². The van der Waals surface area contributed by atoms with Crippen LogP contribution in [0.5, 0.6) is 5.75 Å². The fourth-order valence-electron chi connectivity index (χ4n) is 2.72. The molecule has 0 saturated carbocycles. The number of carbonyl (C=O) groups is 1. The second kappa shape index (κ2) is 6.70. The molecule has 0 unspecified atom stereocenters. The molecule has 0 radical (unpaired) electrons. The molecule has 142 valence electrons. The summed E-state index contributed by atoms with van der Waals surface area (Å²) in [6, 6.07) is 6.54. The Hall–Kier alpha value is -2.87. The first-order valence-electron chi connectivity index (χ1n) is 8.31. The average molecular weight is 390 g/mol. The van der Waals surface area contributed by atoms with E-state index in [4.69, 9.17) is 14.3 Å². The van der Waals surface area contributed by atoms with Crippen molar-refractivity contribution in [2.75, 3.05) is 5.75 Å². The van der Waals surface area contributed by atoms with Gasteiger partial charge < -0.3 is 14.3 Å². The molecule has 0 fully saturated rings. The number of sulfone groups is 1. The number of hydrogen-bond acceptors (Lipinski definition) is 6. The summed E-state index contributed by atoms with van der Waals surface area (Å²) in [6.45, 7) is 5.04. The summed E-state index contributed by atoms with van der Waals surface area (Å²) >= 11 is 0. The zero-order valence-corrected chi connectivity index (χ0v) is 15.8. The Morgan fingerprint density at radius 3 is 2.48 bits per heavy atom. The predicted octanol–water partition coefficient (Wildman–Crippen LogP) is 3.23. The molecular formula is C19H18O7S. The molecule has 0 bridgehead atoms. The molecule has 0 aliphatic heterocycles. The van der Waals surface area contributed by atoms with Crippen molar-refractivity contribution in [1.82, 2.24) is 0 Å². The summed E-state index contributed by atoms with van der Waals surface area (Å²) in [5, 5.41) is 9.22. The minimum atomic E-state index is -3.59. The van der Waals surface area contributed by atoms with Crippen molar-refractivity contribution in [1.29, 1.82) is 0 Å². The number of hydrogen-bond donors (Lipinski definition) is 1. The van der Waals surface area contributed by atoms with Crippen LogP contribution in [-0.4, -0.2) is 31.4 Å². The van der Waals surface area contributed by atoms with Gasteiger partial charge in [0.1, 0.15) is 5.58 Å². The standard InChI is InChI=1S/C19H18O7S/c1-4-27(23,24)12-8-14-17(20)13-7-11(19(21)22)5-6-15(13)26-18(14)16(9-12)25-10(2)3/h5-10H,4H2,1-3H3,(H,21,22). The second-order valence-corrected chi connectivity index (χ2v) is 8.59. The SMILES string of the molecule is CCS(=O)(=O)c1cc(OC(C)C)c2oc3ccc(C(=O)O)cc3c(=O)c2c1. The van der Waals surface area contributed by atoms with E-state index in [-0.39, 0.29) is 50.0 Å². The van der Waals surface area contributed by atoms with Crippen molar-refractivity contribution in [3.05, 3.63) is 46.1 Å². The van der Waals surface area contributed by atoms with Gasteiger partial charge in [0.2, 0.25) is 5.43 Å². The van der Waals surface area contributed by atoms with Crippen LogP contribution >= 0.6 is 0 Å². The molecule has 1 aromatic heterocycles. The van der Waals surface area contributed by atoms with Gasteiger partial charge in [0, 0.05) is 6.07 Å². The van der Waals surface area contributed by atoms with Gasteiger partial charge in [-0.25, -0.2) is 13.2 Å². The Morgan fingerprint density at radius 1 is 1.19 bits per heavy atom. The lowest BCUT2D eigenvalue weighted by Gasteiger charge is -2.14. The van der Waals surface area contributed by atoms with Crippen LogP contribution in [0.3, 0.4) is 0 Å². The number of carboxylic acid groups (broad SMARTS) is 1. The van der Waals surface area contributed by atoms with Crippen molar-refractivity contribution in [2.45, 2.75) is 31.8 Å². The smallest absolute Gasteiger partial charge is 0.335 e. The van der Waals surface area contributed by atoms with Gasteiger partial charge in [-0.05, 0) is 38.1 Å². The van der Waals surface area contributed by atoms with Gasteiger partial charge in [-0.15, -0.1) is 0 Å². The molecule has 0 aliphatic rings. The average Bonchev–Trinajstić information content (AvgIpc) is 2.61. The third-order valence-corrected chi connectivity index (χ3v) is 5.77. The van der Waals surface area contributed by atoms with Crippen LogP contribution in [0.4, 0.5) is 0 Å². The van der Waals surface area contributed by atoms with Gasteiger partial charge in [-0.2, -0.15) is 0 Å². The fourth-order valence-corrected chi connectivity index (χ4v) is 3.64. The van der Waals surface area contributed by atoms with E-state index < -0.39 is 21.2 Å². The lowest BCUT2D eigenvalue weighted by atomic mass is 10.1. The Balaban J connectivity index is 2.46. The number of aromatic carboxylic acids is 1. The predicted molar refractivity (Wildman–Crippen MR) is 100 cm³/mol. The van der Waals surface area contributed by atoms with E-state index in [1.54, 1.807) is 13.8 Å². The van der Waals surface area contributed by atoms with Gasteiger partial charge in [0.25, 0.3) is 0 Å². The summed E-state index contributed by atoms with van der Waals surface area (Å²) in [5.41, 5.74) is -0.266. The molecule has 0 atom stereocenters. The van der Waals surface area contributed by atoms with E-state index in [0.717, 1.165) is 0 Å². The zero-order chi connectivity index (χ0) is 19.9. The molecule has 7 nitrogen and oxygen atoms in total. The van der Waals surface area contributed by atoms with Crippen LogP contribution in [0.25, 0.3) is 21.9 Å². The number of carboxylic acids is 1. The fraction of sp³-hybridized carbons (Fsp3) is 0.263. The molecule has 8 heteroatoms. The third kappa shape index (κ3) is 3.40. The number of ether oxygens (including phenoxy) is 1. The van der Waals surface area contributed by atoms with E-state index in [1.807, 2.05) is 0 Å². The van der Waals surface area contributed by atoms with Crippen molar-refractivity contribution in [2.24, 2.45) is 0 Å². The first-order chi connectivity index (χ1) is 12.6. The molecule has 0 aliphatic carbocycles. The number of rotatable bonds is 5. The van der Waals surface area contributed by atoms with Gasteiger partial charge in [-0.3, -0.25) is 4.79 Å². The van der Waals surface area contributed by atoms with E-state index in [2.05, 4.69) is 0 Å². The van der Waals surface area contributed by atoms with Gasteiger partial charge in [0.15, 0.2) is 21.2 Å². The molecule has 27 heavy (non-hydrogen) atoms. The molecule has 3 rings (SSSR count).